The molecule has 0 N–H and O–H groups in total. The lowest BCUT2D eigenvalue weighted by Crippen LogP contribution is -2.46. The van der Waals surface area contributed by atoms with E-state index in [9.17, 15) is 5.26 Å². The Morgan fingerprint density at radius 1 is 1.28 bits per heavy atom. The Hall–Kier alpha value is -1.37. The molecule has 1 aromatic carbocycles. The first-order chi connectivity index (χ1) is 8.81. The van der Waals surface area contributed by atoms with Gasteiger partial charge in [-0.15, -0.1) is 0 Å². The maximum absolute atomic E-state index is 9.27. The Labute approximate surface area is 108 Å². The topological polar surface area (TPSA) is 36.3 Å². The molecule has 3 heteroatoms. The number of fused-ring (bicyclic) bond motifs is 1. The predicted molar refractivity (Wildman–Crippen MR) is 68.6 cm³/mol. The van der Waals surface area contributed by atoms with Crippen molar-refractivity contribution in [2.45, 2.75) is 50.6 Å². The van der Waals surface area contributed by atoms with Crippen LogP contribution < -0.4 is 0 Å². The van der Waals surface area contributed by atoms with Gasteiger partial charge in [-0.1, -0.05) is 30.3 Å². The van der Waals surface area contributed by atoms with Crippen LogP contribution in [0.2, 0.25) is 0 Å². The normalized spacial score (nSPS) is 36.0. The van der Waals surface area contributed by atoms with Crippen molar-refractivity contribution in [3.63, 3.8) is 0 Å². The van der Waals surface area contributed by atoms with Gasteiger partial charge in [0.25, 0.3) is 0 Å². The maximum Gasteiger partial charge on any atom is 0.112 e. The molecule has 18 heavy (non-hydrogen) atoms. The minimum absolute atomic E-state index is 0.0208. The second kappa shape index (κ2) is 4.72. The van der Waals surface area contributed by atoms with E-state index < -0.39 is 0 Å². The highest BCUT2D eigenvalue weighted by Crippen LogP contribution is 2.40. The van der Waals surface area contributed by atoms with Gasteiger partial charge in [-0.3, -0.25) is 4.90 Å². The standard InChI is InChI=1S/C15H18N2O/c1-11-15(12-6-3-2-4-7-12)18-14-9-5-8-13(10-16)17(11)14/h2-4,6-7,11,13-15H,5,8-9H2,1H3. The average molecular weight is 242 g/mol. The summed E-state index contributed by atoms with van der Waals surface area (Å²) in [4.78, 5) is 2.27. The highest BCUT2D eigenvalue weighted by Gasteiger charge is 2.45. The molecular weight excluding hydrogens is 224 g/mol. The molecular formula is C15H18N2O. The van der Waals surface area contributed by atoms with Gasteiger partial charge in [0.05, 0.1) is 12.2 Å². The number of ether oxygens (including phenoxy) is 1. The highest BCUT2D eigenvalue weighted by atomic mass is 16.5. The molecule has 0 spiro atoms. The van der Waals surface area contributed by atoms with Gasteiger partial charge in [-0.05, 0) is 31.7 Å². The van der Waals surface area contributed by atoms with Crippen LogP contribution in [0.4, 0.5) is 0 Å². The first-order valence-corrected chi connectivity index (χ1v) is 6.68. The zero-order chi connectivity index (χ0) is 12.5. The Morgan fingerprint density at radius 3 is 2.78 bits per heavy atom. The third kappa shape index (κ3) is 1.82. The molecule has 4 atom stereocenters. The second-order valence-electron chi connectivity index (χ2n) is 5.19. The number of nitriles is 1. The quantitative estimate of drug-likeness (QED) is 0.759. The number of rotatable bonds is 1. The van der Waals surface area contributed by atoms with Gasteiger partial charge in [-0.2, -0.15) is 5.26 Å². The van der Waals surface area contributed by atoms with Crippen LogP contribution in [0.25, 0.3) is 0 Å². The van der Waals surface area contributed by atoms with Crippen LogP contribution in [0, 0.1) is 11.3 Å². The number of nitrogens with zero attached hydrogens (tertiary/aromatic N) is 2. The fourth-order valence-corrected chi connectivity index (χ4v) is 3.24. The van der Waals surface area contributed by atoms with Crippen molar-refractivity contribution >= 4 is 0 Å². The second-order valence-corrected chi connectivity index (χ2v) is 5.19. The summed E-state index contributed by atoms with van der Waals surface area (Å²) in [5.41, 5.74) is 1.22. The van der Waals surface area contributed by atoms with Gasteiger partial charge in [0.15, 0.2) is 0 Å². The number of benzene rings is 1. The lowest BCUT2D eigenvalue weighted by Gasteiger charge is -2.34. The smallest absolute Gasteiger partial charge is 0.112 e. The molecule has 2 aliphatic heterocycles. The van der Waals surface area contributed by atoms with Crippen LogP contribution in [-0.4, -0.2) is 23.2 Å². The largest absolute Gasteiger partial charge is 0.354 e. The van der Waals surface area contributed by atoms with Crippen LogP contribution in [-0.2, 0) is 4.74 Å². The van der Waals surface area contributed by atoms with Gasteiger partial charge in [0.1, 0.15) is 12.3 Å². The highest BCUT2D eigenvalue weighted by molar-refractivity contribution is 5.21. The monoisotopic (exact) mass is 242 g/mol. The summed E-state index contributed by atoms with van der Waals surface area (Å²) in [7, 11) is 0. The first kappa shape index (κ1) is 11.7. The molecule has 0 saturated carbocycles. The van der Waals surface area contributed by atoms with Gasteiger partial charge in [0, 0.05) is 6.04 Å². The van der Waals surface area contributed by atoms with E-state index in [1.165, 1.54) is 5.56 Å². The third-order valence-electron chi connectivity index (χ3n) is 4.11. The molecule has 0 aliphatic carbocycles. The van der Waals surface area contributed by atoms with E-state index in [0.29, 0.717) is 0 Å². The third-order valence-corrected chi connectivity index (χ3v) is 4.11. The van der Waals surface area contributed by atoms with Crippen molar-refractivity contribution in [1.82, 2.24) is 4.90 Å². The van der Waals surface area contributed by atoms with E-state index in [0.717, 1.165) is 19.3 Å². The molecule has 0 radical (unpaired) electrons. The maximum atomic E-state index is 9.27. The molecule has 94 valence electrons. The van der Waals surface area contributed by atoms with Crippen LogP contribution >= 0.6 is 0 Å². The van der Waals surface area contributed by atoms with E-state index in [2.05, 4.69) is 30.0 Å². The zero-order valence-electron chi connectivity index (χ0n) is 10.6. The first-order valence-electron chi connectivity index (χ1n) is 6.68. The average Bonchev–Trinajstić information content (AvgIpc) is 2.77. The Morgan fingerprint density at radius 2 is 2.06 bits per heavy atom. The van der Waals surface area contributed by atoms with Crippen molar-refractivity contribution < 1.29 is 4.74 Å². The molecule has 2 aliphatic rings. The molecule has 2 fully saturated rings. The zero-order valence-corrected chi connectivity index (χ0v) is 10.6. The van der Waals surface area contributed by atoms with E-state index >= 15 is 0 Å². The van der Waals surface area contributed by atoms with Crippen molar-refractivity contribution in [2.75, 3.05) is 0 Å². The Bertz CT molecular complexity index is 453. The molecule has 2 heterocycles. The minimum Gasteiger partial charge on any atom is -0.354 e. The molecule has 4 unspecified atom stereocenters. The number of hydrogen-bond donors (Lipinski definition) is 0. The van der Waals surface area contributed by atoms with Crippen molar-refractivity contribution in [2.24, 2.45) is 0 Å². The molecule has 3 rings (SSSR count). The summed E-state index contributed by atoms with van der Waals surface area (Å²) in [5.74, 6) is 0. The van der Waals surface area contributed by atoms with Crippen molar-refractivity contribution in [3.05, 3.63) is 35.9 Å². The van der Waals surface area contributed by atoms with Gasteiger partial charge in [-0.25, -0.2) is 0 Å². The van der Waals surface area contributed by atoms with Crippen LogP contribution in [0.5, 0.6) is 0 Å². The lowest BCUT2D eigenvalue weighted by atomic mass is 9.98. The van der Waals surface area contributed by atoms with E-state index in [1.807, 2.05) is 18.2 Å². The summed E-state index contributed by atoms with van der Waals surface area (Å²) in [6.45, 7) is 2.17. The van der Waals surface area contributed by atoms with Crippen molar-refractivity contribution in [1.29, 1.82) is 5.26 Å². The van der Waals surface area contributed by atoms with Gasteiger partial charge < -0.3 is 4.74 Å². The fraction of sp³-hybridized carbons (Fsp3) is 0.533. The van der Waals surface area contributed by atoms with Gasteiger partial charge in [0.2, 0.25) is 0 Å². The summed E-state index contributed by atoms with van der Waals surface area (Å²) in [6.07, 6.45) is 3.34. The number of piperidine rings is 1. The van der Waals surface area contributed by atoms with Crippen LogP contribution in [0.3, 0.4) is 0 Å². The molecule has 1 aromatic rings. The number of hydrogen-bond acceptors (Lipinski definition) is 3. The van der Waals surface area contributed by atoms with E-state index in [-0.39, 0.29) is 24.4 Å². The van der Waals surface area contributed by atoms with Crippen LogP contribution in [0.1, 0.15) is 37.9 Å². The Kier molecular flexibility index (Phi) is 3.07. The lowest BCUT2D eigenvalue weighted by molar-refractivity contribution is -0.0314. The summed E-state index contributed by atoms with van der Waals surface area (Å²) >= 11 is 0. The van der Waals surface area contributed by atoms with Gasteiger partial charge >= 0.3 is 0 Å². The fourth-order valence-electron chi connectivity index (χ4n) is 3.24. The molecule has 0 aromatic heterocycles. The SMILES string of the molecule is CC1C(c2ccccc2)OC2CCCC(C#N)N21. The predicted octanol–water partition coefficient (Wildman–Crippen LogP) is 2.85. The molecule has 3 nitrogen and oxygen atoms in total. The van der Waals surface area contributed by atoms with E-state index in [1.54, 1.807) is 0 Å². The van der Waals surface area contributed by atoms with Crippen LogP contribution in [0.15, 0.2) is 30.3 Å². The summed E-state index contributed by atoms with van der Waals surface area (Å²) in [6, 6.07) is 13.1. The molecule has 2 saturated heterocycles. The Balaban J connectivity index is 1.87. The molecule has 0 amide bonds. The van der Waals surface area contributed by atoms with E-state index in [4.69, 9.17) is 4.74 Å². The minimum atomic E-state index is 0.0208. The summed E-state index contributed by atoms with van der Waals surface area (Å²) < 4.78 is 6.17. The van der Waals surface area contributed by atoms with Crippen molar-refractivity contribution in [3.8, 4) is 6.07 Å². The molecule has 0 bridgehead atoms. The summed E-state index contributed by atoms with van der Waals surface area (Å²) in [5, 5.41) is 9.27.